The van der Waals surface area contributed by atoms with E-state index in [4.69, 9.17) is 10.5 Å². The van der Waals surface area contributed by atoms with Crippen LogP contribution < -0.4 is 10.5 Å². The Labute approximate surface area is 106 Å². The van der Waals surface area contributed by atoms with Crippen molar-refractivity contribution in [3.05, 3.63) is 29.8 Å². The van der Waals surface area contributed by atoms with E-state index in [1.165, 1.54) is 25.3 Å². The lowest BCUT2D eigenvalue weighted by Gasteiger charge is -2.11. The quantitative estimate of drug-likeness (QED) is 0.905. The predicted octanol–water partition coefficient (Wildman–Crippen LogP) is 2.15. The second-order valence-corrected chi connectivity index (χ2v) is 3.55. The lowest BCUT2D eigenvalue weighted by molar-refractivity contribution is -0.137. The molecular weight excluding hydrogens is 261 g/mol. The summed E-state index contributed by atoms with van der Waals surface area (Å²) in [6.07, 6.45) is -4.51. The van der Waals surface area contributed by atoms with Gasteiger partial charge in [-0.15, -0.1) is 0 Å². The zero-order valence-electron chi connectivity index (χ0n) is 9.77. The van der Waals surface area contributed by atoms with Crippen LogP contribution in [0, 0.1) is 0 Å². The molecule has 0 saturated carbocycles. The molecule has 0 aliphatic carbocycles. The van der Waals surface area contributed by atoms with Gasteiger partial charge in [0.2, 0.25) is 5.95 Å². The van der Waals surface area contributed by atoms with Gasteiger partial charge in [0.15, 0.2) is 5.82 Å². The van der Waals surface area contributed by atoms with Crippen LogP contribution in [-0.2, 0) is 6.18 Å². The minimum absolute atomic E-state index is 0.139. The number of nitrogens with two attached hydrogens (primary N) is 1. The first-order valence-corrected chi connectivity index (χ1v) is 5.14. The van der Waals surface area contributed by atoms with Gasteiger partial charge in [0.25, 0.3) is 0 Å². The van der Waals surface area contributed by atoms with Crippen LogP contribution in [0.5, 0.6) is 6.01 Å². The first-order valence-electron chi connectivity index (χ1n) is 5.14. The maximum atomic E-state index is 12.9. The number of methoxy groups -OCH3 is 1. The summed E-state index contributed by atoms with van der Waals surface area (Å²) in [6, 6.07) is 4.81. The summed E-state index contributed by atoms with van der Waals surface area (Å²) in [7, 11) is 1.29. The Morgan fingerprint density at radius 1 is 1.11 bits per heavy atom. The van der Waals surface area contributed by atoms with Crippen molar-refractivity contribution in [2.45, 2.75) is 6.18 Å². The van der Waals surface area contributed by atoms with E-state index in [-0.39, 0.29) is 23.3 Å². The summed E-state index contributed by atoms with van der Waals surface area (Å²) < 4.78 is 43.4. The van der Waals surface area contributed by atoms with Crippen LogP contribution in [0.3, 0.4) is 0 Å². The standard InChI is InChI=1S/C11H9F3N4O/c1-19-10-17-8(16-9(15)18-10)6-4-2-3-5-7(6)11(12,13)14/h2-5H,1H3,(H2,15,16,17,18). The molecule has 2 rings (SSSR count). The van der Waals surface area contributed by atoms with Gasteiger partial charge in [-0.2, -0.15) is 28.1 Å². The molecule has 0 fully saturated rings. The van der Waals surface area contributed by atoms with Gasteiger partial charge in [-0.25, -0.2) is 0 Å². The van der Waals surface area contributed by atoms with E-state index in [0.717, 1.165) is 6.07 Å². The van der Waals surface area contributed by atoms with E-state index in [9.17, 15) is 13.2 Å². The molecule has 1 aromatic carbocycles. The minimum Gasteiger partial charge on any atom is -0.467 e. The third kappa shape index (κ3) is 2.72. The molecule has 0 amide bonds. The number of anilines is 1. The van der Waals surface area contributed by atoms with Crippen LogP contribution in [0.15, 0.2) is 24.3 Å². The lowest BCUT2D eigenvalue weighted by atomic mass is 10.1. The number of nitrogen functional groups attached to an aromatic ring is 1. The average Bonchev–Trinajstić information content (AvgIpc) is 2.37. The SMILES string of the molecule is COc1nc(N)nc(-c2ccccc2C(F)(F)F)n1. The Kier molecular flexibility index (Phi) is 3.24. The zero-order chi connectivity index (χ0) is 14.0. The van der Waals surface area contributed by atoms with E-state index in [1.54, 1.807) is 0 Å². The van der Waals surface area contributed by atoms with Crippen molar-refractivity contribution in [1.29, 1.82) is 0 Å². The van der Waals surface area contributed by atoms with Gasteiger partial charge in [-0.3, -0.25) is 0 Å². The second kappa shape index (κ2) is 4.71. The topological polar surface area (TPSA) is 73.9 Å². The van der Waals surface area contributed by atoms with E-state index >= 15 is 0 Å². The Hall–Kier alpha value is -2.38. The highest BCUT2D eigenvalue weighted by Gasteiger charge is 2.34. The highest BCUT2D eigenvalue weighted by molar-refractivity contribution is 5.62. The van der Waals surface area contributed by atoms with Gasteiger partial charge in [0, 0.05) is 5.56 Å². The van der Waals surface area contributed by atoms with Crippen LogP contribution in [0.4, 0.5) is 19.1 Å². The molecule has 19 heavy (non-hydrogen) atoms. The van der Waals surface area contributed by atoms with Gasteiger partial charge in [-0.1, -0.05) is 18.2 Å². The monoisotopic (exact) mass is 270 g/mol. The fourth-order valence-electron chi connectivity index (χ4n) is 1.51. The van der Waals surface area contributed by atoms with Crippen molar-refractivity contribution in [2.24, 2.45) is 0 Å². The number of aromatic nitrogens is 3. The molecule has 2 aromatic rings. The van der Waals surface area contributed by atoms with Crippen molar-refractivity contribution in [1.82, 2.24) is 15.0 Å². The summed E-state index contributed by atoms with van der Waals surface area (Å²) in [6.45, 7) is 0. The molecule has 2 N–H and O–H groups in total. The third-order valence-corrected chi connectivity index (χ3v) is 2.29. The van der Waals surface area contributed by atoms with Gasteiger partial charge >= 0.3 is 12.2 Å². The Morgan fingerprint density at radius 3 is 2.42 bits per heavy atom. The second-order valence-electron chi connectivity index (χ2n) is 3.55. The number of rotatable bonds is 2. The molecule has 5 nitrogen and oxygen atoms in total. The highest BCUT2D eigenvalue weighted by atomic mass is 19.4. The summed E-state index contributed by atoms with van der Waals surface area (Å²) in [5, 5.41) is 0. The first-order chi connectivity index (χ1) is 8.91. The zero-order valence-corrected chi connectivity index (χ0v) is 9.77. The largest absolute Gasteiger partial charge is 0.467 e. The number of hydrogen-bond acceptors (Lipinski definition) is 5. The number of hydrogen-bond donors (Lipinski definition) is 1. The van der Waals surface area contributed by atoms with Crippen LogP contribution in [0.1, 0.15) is 5.56 Å². The number of nitrogens with zero attached hydrogens (tertiary/aromatic N) is 3. The van der Waals surface area contributed by atoms with Crippen molar-refractivity contribution >= 4 is 5.95 Å². The molecular formula is C11H9F3N4O. The van der Waals surface area contributed by atoms with E-state index in [0.29, 0.717) is 0 Å². The van der Waals surface area contributed by atoms with E-state index < -0.39 is 11.7 Å². The smallest absolute Gasteiger partial charge is 0.417 e. The Morgan fingerprint density at radius 2 is 1.79 bits per heavy atom. The molecule has 0 spiro atoms. The summed E-state index contributed by atoms with van der Waals surface area (Å²) in [5.74, 6) is -0.392. The summed E-state index contributed by atoms with van der Waals surface area (Å²) >= 11 is 0. The maximum absolute atomic E-state index is 12.9. The summed E-state index contributed by atoms with van der Waals surface area (Å²) in [4.78, 5) is 11.1. The number of benzene rings is 1. The Balaban J connectivity index is 2.62. The van der Waals surface area contributed by atoms with Crippen molar-refractivity contribution in [2.75, 3.05) is 12.8 Å². The molecule has 0 aliphatic rings. The fraction of sp³-hybridized carbons (Fsp3) is 0.182. The minimum atomic E-state index is -4.51. The lowest BCUT2D eigenvalue weighted by Crippen LogP contribution is -2.09. The van der Waals surface area contributed by atoms with E-state index in [2.05, 4.69) is 15.0 Å². The van der Waals surface area contributed by atoms with Gasteiger partial charge in [0.05, 0.1) is 12.7 Å². The normalized spacial score (nSPS) is 11.4. The molecule has 0 radical (unpaired) electrons. The van der Waals surface area contributed by atoms with Gasteiger partial charge in [-0.05, 0) is 6.07 Å². The molecule has 1 aromatic heterocycles. The molecule has 0 unspecified atom stereocenters. The van der Waals surface area contributed by atoms with Crippen molar-refractivity contribution in [3.63, 3.8) is 0 Å². The van der Waals surface area contributed by atoms with Gasteiger partial charge in [0.1, 0.15) is 0 Å². The average molecular weight is 270 g/mol. The number of halogens is 3. The molecule has 0 atom stereocenters. The predicted molar refractivity (Wildman–Crippen MR) is 61.2 cm³/mol. The molecule has 0 saturated heterocycles. The number of alkyl halides is 3. The van der Waals surface area contributed by atoms with Crippen LogP contribution in [0.25, 0.3) is 11.4 Å². The highest BCUT2D eigenvalue weighted by Crippen LogP contribution is 2.35. The molecule has 0 bridgehead atoms. The molecule has 1 heterocycles. The Bertz CT molecular complexity index is 601. The molecule has 8 heteroatoms. The summed E-state index contributed by atoms with van der Waals surface area (Å²) in [5.41, 5.74) is 4.38. The maximum Gasteiger partial charge on any atom is 0.417 e. The fourth-order valence-corrected chi connectivity index (χ4v) is 1.51. The van der Waals surface area contributed by atoms with E-state index in [1.807, 2.05) is 0 Å². The molecule has 0 aliphatic heterocycles. The number of ether oxygens (including phenoxy) is 1. The van der Waals surface area contributed by atoms with Gasteiger partial charge < -0.3 is 10.5 Å². The molecule has 100 valence electrons. The van der Waals surface area contributed by atoms with Crippen LogP contribution in [-0.4, -0.2) is 22.1 Å². The van der Waals surface area contributed by atoms with Crippen LogP contribution >= 0.6 is 0 Å². The third-order valence-electron chi connectivity index (χ3n) is 2.29. The van der Waals surface area contributed by atoms with Crippen molar-refractivity contribution in [3.8, 4) is 17.4 Å². The van der Waals surface area contributed by atoms with Crippen LogP contribution in [0.2, 0.25) is 0 Å². The first kappa shape index (κ1) is 13.1. The van der Waals surface area contributed by atoms with Crippen molar-refractivity contribution < 1.29 is 17.9 Å².